The number of hydrogen-bond acceptors (Lipinski definition) is 5. The molecule has 1 heterocycles. The largest absolute Gasteiger partial charge is 0.465 e. The number of halogens is 1. The molecular weight excluding hydrogens is 371 g/mol. The van der Waals surface area contributed by atoms with E-state index >= 15 is 0 Å². The monoisotopic (exact) mass is 388 g/mol. The summed E-state index contributed by atoms with van der Waals surface area (Å²) >= 11 is 0. The quantitative estimate of drug-likeness (QED) is 0.694. The average Bonchev–Trinajstić information content (AvgIpc) is 2.98. The first-order valence-electron chi connectivity index (χ1n) is 7.88. The van der Waals surface area contributed by atoms with Crippen LogP contribution in [0.15, 0.2) is 59.5 Å². The molecule has 0 aliphatic rings. The number of ether oxygens (including phenoxy) is 1. The minimum absolute atomic E-state index is 0.135. The van der Waals surface area contributed by atoms with Gasteiger partial charge in [-0.3, -0.25) is 4.57 Å². The first kappa shape index (κ1) is 18.7. The van der Waals surface area contributed by atoms with Gasteiger partial charge in [-0.25, -0.2) is 17.6 Å². The molecule has 0 aliphatic heterocycles. The molecule has 0 atom stereocenters. The van der Waals surface area contributed by atoms with Gasteiger partial charge in [0.15, 0.2) is 9.84 Å². The number of hydrogen-bond donors (Lipinski definition) is 1. The van der Waals surface area contributed by atoms with Crippen LogP contribution >= 0.6 is 0 Å². The van der Waals surface area contributed by atoms with E-state index < -0.39 is 21.6 Å². The maximum Gasteiger partial charge on any atom is 0.341 e. The molecule has 8 heteroatoms. The van der Waals surface area contributed by atoms with Gasteiger partial charge in [-0.05, 0) is 48.0 Å². The number of anilines is 1. The normalized spacial score (nSPS) is 11.4. The Balaban J connectivity index is 2.22. The lowest BCUT2D eigenvalue weighted by molar-refractivity contribution is 0.0602. The Bertz CT molecular complexity index is 1100. The molecule has 2 aromatic carbocycles. The molecule has 140 valence electrons. The Hall–Kier alpha value is -3.13. The smallest absolute Gasteiger partial charge is 0.341 e. The average molecular weight is 388 g/mol. The Morgan fingerprint density at radius 2 is 1.67 bits per heavy atom. The zero-order chi connectivity index (χ0) is 19.8. The number of rotatable bonds is 4. The molecule has 1 aromatic heterocycles. The number of esters is 1. The van der Waals surface area contributed by atoms with Crippen molar-refractivity contribution in [3.63, 3.8) is 0 Å². The molecule has 0 saturated heterocycles. The molecule has 2 N–H and O–H groups in total. The number of nitrogen functional groups attached to an aromatic ring is 1. The molecular formula is C19H17FN2O4S. The van der Waals surface area contributed by atoms with Crippen molar-refractivity contribution in [3.05, 3.63) is 66.0 Å². The molecule has 3 rings (SSSR count). The Morgan fingerprint density at radius 1 is 1.07 bits per heavy atom. The number of carbonyl (C=O) groups is 1. The highest BCUT2D eigenvalue weighted by Gasteiger charge is 2.21. The number of sulfone groups is 1. The van der Waals surface area contributed by atoms with Gasteiger partial charge in [0.05, 0.1) is 17.7 Å². The Morgan fingerprint density at radius 3 is 2.19 bits per heavy atom. The molecule has 0 bridgehead atoms. The zero-order valence-electron chi connectivity index (χ0n) is 14.6. The van der Waals surface area contributed by atoms with E-state index in [4.69, 9.17) is 10.5 Å². The van der Waals surface area contributed by atoms with Crippen molar-refractivity contribution in [1.82, 2.24) is 4.57 Å². The van der Waals surface area contributed by atoms with E-state index in [1.165, 1.54) is 43.5 Å². The van der Waals surface area contributed by atoms with Crippen molar-refractivity contribution in [2.75, 3.05) is 19.1 Å². The molecule has 3 aromatic rings. The van der Waals surface area contributed by atoms with Gasteiger partial charge in [0.1, 0.15) is 17.2 Å². The van der Waals surface area contributed by atoms with Crippen molar-refractivity contribution in [1.29, 1.82) is 0 Å². The fraction of sp³-hybridized carbons (Fsp3) is 0.105. The van der Waals surface area contributed by atoms with Crippen LogP contribution in [0.2, 0.25) is 0 Å². The summed E-state index contributed by atoms with van der Waals surface area (Å²) in [6.07, 6.45) is 1.12. The van der Waals surface area contributed by atoms with Gasteiger partial charge in [-0.2, -0.15) is 0 Å². The fourth-order valence-electron chi connectivity index (χ4n) is 2.75. The second kappa shape index (κ2) is 6.88. The first-order valence-corrected chi connectivity index (χ1v) is 9.77. The summed E-state index contributed by atoms with van der Waals surface area (Å²) in [4.78, 5) is 12.2. The SMILES string of the molecule is COC(=O)c1cc(-c2ccc(S(C)(=O)=O)cc2)n(-c2ccc(F)cc2)c1N. The highest BCUT2D eigenvalue weighted by Crippen LogP contribution is 2.32. The highest BCUT2D eigenvalue weighted by atomic mass is 32.2. The number of benzene rings is 2. The topological polar surface area (TPSA) is 91.4 Å². The number of aromatic nitrogens is 1. The minimum Gasteiger partial charge on any atom is -0.465 e. The van der Waals surface area contributed by atoms with Crippen LogP contribution in [0.3, 0.4) is 0 Å². The van der Waals surface area contributed by atoms with Crippen molar-refractivity contribution in [3.8, 4) is 16.9 Å². The maximum atomic E-state index is 13.3. The summed E-state index contributed by atoms with van der Waals surface area (Å²) in [5.41, 5.74) is 8.04. The Labute approximate surface area is 155 Å². The van der Waals surface area contributed by atoms with Crippen LogP contribution in [0.5, 0.6) is 0 Å². The molecule has 0 spiro atoms. The molecule has 6 nitrogen and oxygen atoms in total. The summed E-state index contributed by atoms with van der Waals surface area (Å²) < 4.78 is 43.0. The molecule has 0 saturated carbocycles. The van der Waals surface area contributed by atoms with Gasteiger partial charge in [-0.1, -0.05) is 12.1 Å². The first-order chi connectivity index (χ1) is 12.7. The van der Waals surface area contributed by atoms with E-state index in [-0.39, 0.29) is 16.3 Å². The second-order valence-corrected chi connectivity index (χ2v) is 7.94. The molecule has 0 aliphatic carbocycles. The van der Waals surface area contributed by atoms with Crippen LogP contribution in [-0.4, -0.2) is 32.3 Å². The number of carbonyl (C=O) groups excluding carboxylic acids is 1. The molecule has 0 radical (unpaired) electrons. The maximum absolute atomic E-state index is 13.3. The lowest BCUT2D eigenvalue weighted by Crippen LogP contribution is -2.07. The van der Waals surface area contributed by atoms with E-state index in [2.05, 4.69) is 0 Å². The fourth-order valence-corrected chi connectivity index (χ4v) is 3.38. The van der Waals surface area contributed by atoms with Crippen molar-refractivity contribution in [2.24, 2.45) is 0 Å². The van der Waals surface area contributed by atoms with Crippen LogP contribution in [0, 0.1) is 5.82 Å². The minimum atomic E-state index is -3.34. The molecule has 27 heavy (non-hydrogen) atoms. The van der Waals surface area contributed by atoms with Crippen LogP contribution in [0.4, 0.5) is 10.2 Å². The molecule has 0 amide bonds. The van der Waals surface area contributed by atoms with Crippen LogP contribution in [-0.2, 0) is 14.6 Å². The van der Waals surface area contributed by atoms with Crippen molar-refractivity contribution in [2.45, 2.75) is 4.90 Å². The Kier molecular flexibility index (Phi) is 4.75. The predicted octanol–water partition coefficient (Wildman–Crippen LogP) is 3.06. The van der Waals surface area contributed by atoms with E-state index in [1.807, 2.05) is 0 Å². The summed E-state index contributed by atoms with van der Waals surface area (Å²) in [7, 11) is -2.09. The van der Waals surface area contributed by atoms with Gasteiger partial charge >= 0.3 is 5.97 Å². The summed E-state index contributed by atoms with van der Waals surface area (Å²) in [5, 5.41) is 0. The van der Waals surface area contributed by atoms with E-state index in [1.54, 1.807) is 22.8 Å². The van der Waals surface area contributed by atoms with E-state index in [0.29, 0.717) is 16.9 Å². The van der Waals surface area contributed by atoms with Crippen LogP contribution < -0.4 is 5.73 Å². The standard InChI is InChI=1S/C19H17FN2O4S/c1-26-19(23)16-11-17(12-3-9-15(10-4-12)27(2,24)25)22(18(16)21)14-7-5-13(20)6-8-14/h3-11H,21H2,1-2H3. The number of methoxy groups -OCH3 is 1. The summed E-state index contributed by atoms with van der Waals surface area (Å²) in [5.74, 6) is -0.880. The van der Waals surface area contributed by atoms with Gasteiger partial charge in [0.25, 0.3) is 0 Å². The van der Waals surface area contributed by atoms with Crippen LogP contribution in [0.25, 0.3) is 16.9 Å². The van der Waals surface area contributed by atoms with Crippen LogP contribution in [0.1, 0.15) is 10.4 Å². The van der Waals surface area contributed by atoms with Crippen molar-refractivity contribution >= 4 is 21.6 Å². The lowest BCUT2D eigenvalue weighted by Gasteiger charge is -2.12. The molecule has 0 unspecified atom stereocenters. The third kappa shape index (κ3) is 3.56. The predicted molar refractivity (Wildman–Crippen MR) is 100 cm³/mol. The number of nitrogens with two attached hydrogens (primary N) is 1. The number of nitrogens with zero attached hydrogens (tertiary/aromatic N) is 1. The van der Waals surface area contributed by atoms with E-state index in [0.717, 1.165) is 6.26 Å². The van der Waals surface area contributed by atoms with Crippen molar-refractivity contribution < 1.29 is 22.3 Å². The summed E-state index contributed by atoms with van der Waals surface area (Å²) in [6, 6.07) is 13.4. The molecule has 0 fully saturated rings. The second-order valence-electron chi connectivity index (χ2n) is 5.93. The zero-order valence-corrected chi connectivity index (χ0v) is 15.5. The van der Waals surface area contributed by atoms with Gasteiger partial charge in [0, 0.05) is 11.9 Å². The van der Waals surface area contributed by atoms with E-state index in [9.17, 15) is 17.6 Å². The van der Waals surface area contributed by atoms with Gasteiger partial charge in [0.2, 0.25) is 0 Å². The third-order valence-corrected chi connectivity index (χ3v) is 5.24. The van der Waals surface area contributed by atoms with Gasteiger partial charge in [-0.15, -0.1) is 0 Å². The van der Waals surface area contributed by atoms with Gasteiger partial charge < -0.3 is 10.5 Å². The summed E-state index contributed by atoms with van der Waals surface area (Å²) in [6.45, 7) is 0. The third-order valence-electron chi connectivity index (χ3n) is 4.11. The highest BCUT2D eigenvalue weighted by molar-refractivity contribution is 7.90. The lowest BCUT2D eigenvalue weighted by atomic mass is 10.1.